The molecule has 0 atom stereocenters. The fraction of sp³-hybridized carbons (Fsp3) is 0.375. The lowest BCUT2D eigenvalue weighted by molar-refractivity contribution is 0.0697. The number of benzene rings is 2. The number of carboxylic acid groups (broad SMARTS) is 1. The van der Waals surface area contributed by atoms with E-state index in [1.807, 2.05) is 12.1 Å². The van der Waals surface area contributed by atoms with Crippen molar-refractivity contribution in [2.45, 2.75) is 53.4 Å². The van der Waals surface area contributed by atoms with Crippen LogP contribution in [0.5, 0.6) is 0 Å². The molecule has 0 amide bonds. The van der Waals surface area contributed by atoms with E-state index in [0.717, 1.165) is 12.0 Å². The van der Waals surface area contributed by atoms with Gasteiger partial charge in [0.05, 0.1) is 5.56 Å². The highest BCUT2D eigenvalue weighted by molar-refractivity contribution is 5.88. The minimum Gasteiger partial charge on any atom is -0.478 e. The van der Waals surface area contributed by atoms with Gasteiger partial charge in [0.1, 0.15) is 0 Å². The zero-order valence-corrected chi connectivity index (χ0v) is 16.2. The van der Waals surface area contributed by atoms with Crippen LogP contribution in [-0.2, 0) is 12.8 Å². The molecule has 0 aromatic heterocycles. The minimum atomic E-state index is -0.887. The zero-order chi connectivity index (χ0) is 18.9. The van der Waals surface area contributed by atoms with Crippen molar-refractivity contribution in [3.05, 3.63) is 69.8 Å². The van der Waals surface area contributed by atoms with Gasteiger partial charge >= 0.3 is 5.97 Å². The second-order valence-electron chi connectivity index (χ2n) is 8.35. The molecule has 2 aromatic rings. The van der Waals surface area contributed by atoms with Gasteiger partial charge in [-0.05, 0) is 90.5 Å². The first kappa shape index (κ1) is 18.4. The van der Waals surface area contributed by atoms with Gasteiger partial charge in [0, 0.05) is 0 Å². The third kappa shape index (κ3) is 4.07. The number of hydrogen-bond acceptors (Lipinski definition) is 1. The first-order valence-corrected chi connectivity index (χ1v) is 9.40. The molecule has 2 heteroatoms. The fourth-order valence-corrected chi connectivity index (χ4v) is 3.82. The maximum Gasteiger partial charge on any atom is 0.335 e. The van der Waals surface area contributed by atoms with Crippen LogP contribution in [0.4, 0.5) is 0 Å². The molecule has 0 saturated carbocycles. The molecule has 0 spiro atoms. The predicted molar refractivity (Wildman–Crippen MR) is 109 cm³/mol. The molecule has 0 bridgehead atoms. The SMILES string of the molecule is C/C(=C\c1ccc(C(=O)O)cc1)c1cc2c(cc1C)CCC(C)(C)CC2. The molecule has 0 fully saturated rings. The Morgan fingerprint density at radius 3 is 2.19 bits per heavy atom. The van der Waals surface area contributed by atoms with Crippen molar-refractivity contribution in [3.63, 3.8) is 0 Å². The summed E-state index contributed by atoms with van der Waals surface area (Å²) in [6.07, 6.45) is 6.95. The lowest BCUT2D eigenvalue weighted by Crippen LogP contribution is -2.10. The molecule has 0 radical (unpaired) electrons. The van der Waals surface area contributed by atoms with Gasteiger partial charge in [0.2, 0.25) is 0 Å². The number of carboxylic acids is 1. The van der Waals surface area contributed by atoms with Gasteiger partial charge in [-0.25, -0.2) is 4.79 Å². The van der Waals surface area contributed by atoms with Crippen molar-refractivity contribution >= 4 is 17.6 Å². The van der Waals surface area contributed by atoms with Gasteiger partial charge in [-0.1, -0.05) is 44.2 Å². The van der Waals surface area contributed by atoms with Crippen molar-refractivity contribution in [2.75, 3.05) is 0 Å². The van der Waals surface area contributed by atoms with E-state index in [4.69, 9.17) is 5.11 Å². The number of hydrogen-bond donors (Lipinski definition) is 1. The Balaban J connectivity index is 1.91. The molecule has 0 aliphatic heterocycles. The van der Waals surface area contributed by atoms with Crippen molar-refractivity contribution in [3.8, 4) is 0 Å². The monoisotopic (exact) mass is 348 g/mol. The van der Waals surface area contributed by atoms with Crippen LogP contribution in [-0.4, -0.2) is 11.1 Å². The number of carbonyl (C=O) groups is 1. The smallest absolute Gasteiger partial charge is 0.335 e. The van der Waals surface area contributed by atoms with Crippen LogP contribution in [0.3, 0.4) is 0 Å². The van der Waals surface area contributed by atoms with Crippen LogP contribution in [0.1, 0.15) is 71.8 Å². The number of allylic oxidation sites excluding steroid dienone is 1. The lowest BCUT2D eigenvalue weighted by atomic mass is 9.85. The Labute approximate surface area is 156 Å². The Morgan fingerprint density at radius 2 is 1.62 bits per heavy atom. The molecule has 0 saturated heterocycles. The highest BCUT2D eigenvalue weighted by atomic mass is 16.4. The van der Waals surface area contributed by atoms with Crippen molar-refractivity contribution in [1.29, 1.82) is 0 Å². The first-order valence-electron chi connectivity index (χ1n) is 9.40. The normalized spacial score (nSPS) is 16.7. The summed E-state index contributed by atoms with van der Waals surface area (Å²) in [7, 11) is 0. The average molecular weight is 348 g/mol. The molecular formula is C24H28O2. The highest BCUT2D eigenvalue weighted by Crippen LogP contribution is 2.35. The van der Waals surface area contributed by atoms with E-state index in [1.54, 1.807) is 12.1 Å². The summed E-state index contributed by atoms with van der Waals surface area (Å²) < 4.78 is 0. The minimum absolute atomic E-state index is 0.323. The van der Waals surface area contributed by atoms with Gasteiger partial charge in [0.15, 0.2) is 0 Å². The number of rotatable bonds is 3. The maximum absolute atomic E-state index is 11.0. The van der Waals surface area contributed by atoms with Gasteiger partial charge in [-0.2, -0.15) is 0 Å². The largest absolute Gasteiger partial charge is 0.478 e. The van der Waals surface area contributed by atoms with Crippen molar-refractivity contribution in [2.24, 2.45) is 5.41 Å². The van der Waals surface area contributed by atoms with Crippen LogP contribution < -0.4 is 0 Å². The maximum atomic E-state index is 11.0. The van der Waals surface area contributed by atoms with Crippen LogP contribution in [0.25, 0.3) is 11.6 Å². The summed E-state index contributed by atoms with van der Waals surface area (Å²) in [6, 6.07) is 11.8. The Morgan fingerprint density at radius 1 is 1.04 bits per heavy atom. The van der Waals surface area contributed by atoms with Crippen LogP contribution >= 0.6 is 0 Å². The average Bonchev–Trinajstić information content (AvgIpc) is 2.73. The van der Waals surface area contributed by atoms with Crippen LogP contribution in [0.15, 0.2) is 36.4 Å². The molecule has 136 valence electrons. The molecule has 1 N–H and O–H groups in total. The Kier molecular flexibility index (Phi) is 5.04. The standard InChI is InChI=1S/C24H28O2/c1-16(13-18-5-7-19(8-6-18)23(25)26)22-15-21-10-12-24(3,4)11-9-20(21)14-17(22)2/h5-8,13-15H,9-12H2,1-4H3,(H,25,26)/b16-13+. The summed E-state index contributed by atoms with van der Waals surface area (Å²) in [6.45, 7) is 9.08. The molecular weight excluding hydrogens is 320 g/mol. The van der Waals surface area contributed by atoms with Crippen LogP contribution in [0, 0.1) is 12.3 Å². The van der Waals surface area contributed by atoms with E-state index in [2.05, 4.69) is 45.9 Å². The lowest BCUT2D eigenvalue weighted by Gasteiger charge is -2.21. The molecule has 2 nitrogen and oxygen atoms in total. The molecule has 26 heavy (non-hydrogen) atoms. The summed E-state index contributed by atoms with van der Waals surface area (Å²) in [4.78, 5) is 11.0. The highest BCUT2D eigenvalue weighted by Gasteiger charge is 2.23. The zero-order valence-electron chi connectivity index (χ0n) is 16.2. The summed E-state index contributed by atoms with van der Waals surface area (Å²) >= 11 is 0. The van der Waals surface area contributed by atoms with Gasteiger partial charge < -0.3 is 5.11 Å². The van der Waals surface area contributed by atoms with E-state index in [1.165, 1.54) is 47.1 Å². The molecule has 2 aromatic carbocycles. The van der Waals surface area contributed by atoms with E-state index >= 15 is 0 Å². The second kappa shape index (κ2) is 7.11. The topological polar surface area (TPSA) is 37.3 Å². The Bertz CT molecular complexity index is 855. The number of aryl methyl sites for hydroxylation is 3. The van der Waals surface area contributed by atoms with E-state index in [9.17, 15) is 4.79 Å². The first-order chi connectivity index (χ1) is 12.2. The predicted octanol–water partition coefficient (Wildman–Crippen LogP) is 6.16. The molecule has 1 aliphatic rings. The van der Waals surface area contributed by atoms with Crippen LogP contribution in [0.2, 0.25) is 0 Å². The third-order valence-corrected chi connectivity index (χ3v) is 5.65. The second-order valence-corrected chi connectivity index (χ2v) is 8.35. The molecule has 3 rings (SSSR count). The molecule has 0 heterocycles. The van der Waals surface area contributed by atoms with E-state index in [0.29, 0.717) is 11.0 Å². The third-order valence-electron chi connectivity index (χ3n) is 5.65. The van der Waals surface area contributed by atoms with Crippen molar-refractivity contribution < 1.29 is 9.90 Å². The Hall–Kier alpha value is -2.35. The summed E-state index contributed by atoms with van der Waals surface area (Å²) in [5.41, 5.74) is 8.61. The van der Waals surface area contributed by atoms with Gasteiger partial charge in [-0.15, -0.1) is 0 Å². The number of fused-ring (bicyclic) bond motifs is 1. The van der Waals surface area contributed by atoms with Gasteiger partial charge in [0.25, 0.3) is 0 Å². The van der Waals surface area contributed by atoms with E-state index in [-0.39, 0.29) is 0 Å². The number of aromatic carboxylic acids is 1. The van der Waals surface area contributed by atoms with E-state index < -0.39 is 5.97 Å². The summed E-state index contributed by atoms with van der Waals surface area (Å²) in [5, 5.41) is 9.03. The van der Waals surface area contributed by atoms with Gasteiger partial charge in [-0.3, -0.25) is 0 Å². The summed E-state index contributed by atoms with van der Waals surface area (Å²) in [5.74, 6) is -0.887. The molecule has 0 unspecified atom stereocenters. The quantitative estimate of drug-likeness (QED) is 0.533. The molecule has 1 aliphatic carbocycles. The van der Waals surface area contributed by atoms with Crippen molar-refractivity contribution in [1.82, 2.24) is 0 Å². The fourth-order valence-electron chi connectivity index (χ4n) is 3.82.